The van der Waals surface area contributed by atoms with E-state index in [0.29, 0.717) is 0 Å². The van der Waals surface area contributed by atoms with Crippen molar-refractivity contribution in [2.24, 2.45) is 0 Å². The highest BCUT2D eigenvalue weighted by atomic mass is 19.1. The molecule has 1 heterocycles. The van der Waals surface area contributed by atoms with E-state index >= 15 is 0 Å². The Balaban J connectivity index is 2.78. The van der Waals surface area contributed by atoms with E-state index in [1.165, 1.54) is 28.4 Å². The molecular weight excluding hydrogens is 219 g/mol. The SMILES string of the molecule is COC[C@H]1O[C@@H](F)[C@H](OC)[C@@H](OC)[C@@H]1OC. The lowest BCUT2D eigenvalue weighted by atomic mass is 9.99. The molecule has 0 spiro atoms. The Kier molecular flexibility index (Phi) is 5.57. The van der Waals surface area contributed by atoms with Gasteiger partial charge >= 0.3 is 0 Å². The van der Waals surface area contributed by atoms with Gasteiger partial charge in [0.1, 0.15) is 24.4 Å². The first kappa shape index (κ1) is 13.8. The van der Waals surface area contributed by atoms with E-state index in [9.17, 15) is 4.39 Å². The lowest BCUT2D eigenvalue weighted by Gasteiger charge is -2.41. The Labute approximate surface area is 94.8 Å². The summed E-state index contributed by atoms with van der Waals surface area (Å²) in [5, 5.41) is 0. The molecule has 0 aliphatic carbocycles. The maximum absolute atomic E-state index is 13.6. The van der Waals surface area contributed by atoms with Crippen molar-refractivity contribution in [3.63, 3.8) is 0 Å². The lowest BCUT2D eigenvalue weighted by molar-refractivity contribution is -0.279. The third-order valence-corrected chi connectivity index (χ3v) is 2.72. The summed E-state index contributed by atoms with van der Waals surface area (Å²) in [6.07, 6.45) is -3.76. The molecule has 0 unspecified atom stereocenters. The lowest BCUT2D eigenvalue weighted by Crippen LogP contribution is -2.59. The Hall–Kier alpha value is -0.270. The summed E-state index contributed by atoms with van der Waals surface area (Å²) in [5.41, 5.74) is 0. The maximum atomic E-state index is 13.6. The minimum absolute atomic E-state index is 0.245. The Morgan fingerprint density at radius 2 is 1.50 bits per heavy atom. The van der Waals surface area contributed by atoms with Gasteiger partial charge in [-0.3, -0.25) is 0 Å². The predicted octanol–water partition coefficient (Wildman–Crippen LogP) is 0.372. The molecule has 5 nitrogen and oxygen atoms in total. The first-order valence-corrected chi connectivity index (χ1v) is 5.06. The van der Waals surface area contributed by atoms with Gasteiger partial charge in [-0.05, 0) is 0 Å². The number of halogens is 1. The highest BCUT2D eigenvalue weighted by Crippen LogP contribution is 2.27. The number of ether oxygens (including phenoxy) is 5. The average Bonchev–Trinajstić information content (AvgIpc) is 2.28. The monoisotopic (exact) mass is 238 g/mol. The smallest absolute Gasteiger partial charge is 0.228 e. The molecule has 0 saturated carbocycles. The van der Waals surface area contributed by atoms with Gasteiger partial charge in [-0.15, -0.1) is 0 Å². The highest BCUT2D eigenvalue weighted by molar-refractivity contribution is 4.91. The summed E-state index contributed by atoms with van der Waals surface area (Å²) in [5.74, 6) is 0. The number of hydrogen-bond acceptors (Lipinski definition) is 5. The predicted molar refractivity (Wildman–Crippen MR) is 54.0 cm³/mol. The van der Waals surface area contributed by atoms with Gasteiger partial charge in [0.15, 0.2) is 0 Å². The van der Waals surface area contributed by atoms with Crippen LogP contribution in [-0.4, -0.2) is 65.8 Å². The van der Waals surface area contributed by atoms with Crippen molar-refractivity contribution in [3.05, 3.63) is 0 Å². The van der Waals surface area contributed by atoms with Crippen LogP contribution in [0.15, 0.2) is 0 Å². The van der Waals surface area contributed by atoms with Crippen LogP contribution < -0.4 is 0 Å². The maximum Gasteiger partial charge on any atom is 0.228 e. The van der Waals surface area contributed by atoms with Gasteiger partial charge < -0.3 is 23.7 Å². The number of hydrogen-bond donors (Lipinski definition) is 0. The van der Waals surface area contributed by atoms with Crippen LogP contribution in [0.25, 0.3) is 0 Å². The molecular formula is C10H19FO5. The molecule has 1 saturated heterocycles. The summed E-state index contributed by atoms with van der Waals surface area (Å²) < 4.78 is 39.2. The second kappa shape index (κ2) is 6.46. The van der Waals surface area contributed by atoms with Gasteiger partial charge in [0.05, 0.1) is 6.61 Å². The van der Waals surface area contributed by atoms with E-state index in [-0.39, 0.29) is 6.61 Å². The van der Waals surface area contributed by atoms with Crippen molar-refractivity contribution in [2.75, 3.05) is 35.0 Å². The minimum atomic E-state index is -1.54. The van der Waals surface area contributed by atoms with Crippen molar-refractivity contribution < 1.29 is 28.1 Å². The van der Waals surface area contributed by atoms with Crippen LogP contribution in [0.2, 0.25) is 0 Å². The molecule has 0 aromatic heterocycles. The molecule has 0 N–H and O–H groups in total. The van der Waals surface area contributed by atoms with Gasteiger partial charge in [0.2, 0.25) is 6.36 Å². The summed E-state index contributed by atoms with van der Waals surface area (Å²) in [7, 11) is 5.95. The van der Waals surface area contributed by atoms with E-state index in [1.807, 2.05) is 0 Å². The van der Waals surface area contributed by atoms with Gasteiger partial charge in [0.25, 0.3) is 0 Å². The van der Waals surface area contributed by atoms with Crippen molar-refractivity contribution in [2.45, 2.75) is 30.8 Å². The fraction of sp³-hybridized carbons (Fsp3) is 1.00. The van der Waals surface area contributed by atoms with E-state index in [1.54, 1.807) is 0 Å². The van der Waals surface area contributed by atoms with E-state index in [0.717, 1.165) is 0 Å². The molecule has 5 atom stereocenters. The standard InChI is InChI=1S/C10H19FO5/c1-12-5-6-7(13-2)8(14-3)9(15-4)10(11)16-6/h6-10H,5H2,1-4H3/t6-,7-,8+,9-,10-/m1/s1. The zero-order chi connectivity index (χ0) is 12.1. The molecule has 0 bridgehead atoms. The van der Waals surface area contributed by atoms with Crippen LogP contribution in [0.3, 0.4) is 0 Å². The number of rotatable bonds is 5. The van der Waals surface area contributed by atoms with Crippen molar-refractivity contribution >= 4 is 0 Å². The number of alkyl halides is 1. The van der Waals surface area contributed by atoms with E-state index in [2.05, 4.69) is 0 Å². The van der Waals surface area contributed by atoms with Gasteiger partial charge in [-0.1, -0.05) is 0 Å². The zero-order valence-corrected chi connectivity index (χ0v) is 10.0. The molecule has 1 rings (SSSR count). The van der Waals surface area contributed by atoms with Crippen LogP contribution in [0.5, 0.6) is 0 Å². The molecule has 1 fully saturated rings. The van der Waals surface area contributed by atoms with Crippen LogP contribution in [0, 0.1) is 0 Å². The topological polar surface area (TPSA) is 46.2 Å². The summed E-state index contributed by atoms with van der Waals surface area (Å²) in [6, 6.07) is 0. The van der Waals surface area contributed by atoms with Crippen LogP contribution >= 0.6 is 0 Å². The summed E-state index contributed by atoms with van der Waals surface area (Å²) in [6.45, 7) is 0.245. The van der Waals surface area contributed by atoms with Crippen LogP contribution in [0.1, 0.15) is 0 Å². The highest BCUT2D eigenvalue weighted by Gasteiger charge is 2.47. The molecule has 0 radical (unpaired) electrons. The van der Waals surface area contributed by atoms with Crippen molar-refractivity contribution in [1.29, 1.82) is 0 Å². The Morgan fingerprint density at radius 3 is 1.94 bits per heavy atom. The molecule has 1 aliphatic heterocycles. The average molecular weight is 238 g/mol. The molecule has 1 aliphatic rings. The molecule has 6 heteroatoms. The fourth-order valence-corrected chi connectivity index (χ4v) is 1.96. The van der Waals surface area contributed by atoms with Crippen LogP contribution in [0.4, 0.5) is 4.39 Å². The third-order valence-electron chi connectivity index (χ3n) is 2.72. The minimum Gasteiger partial charge on any atom is -0.382 e. The van der Waals surface area contributed by atoms with Crippen molar-refractivity contribution in [3.8, 4) is 0 Å². The second-order valence-corrected chi connectivity index (χ2v) is 3.58. The summed E-state index contributed by atoms with van der Waals surface area (Å²) >= 11 is 0. The first-order chi connectivity index (χ1) is 7.69. The molecule has 0 aromatic carbocycles. The molecule has 0 aromatic rings. The van der Waals surface area contributed by atoms with Gasteiger partial charge in [-0.25, -0.2) is 4.39 Å². The summed E-state index contributed by atoms with van der Waals surface area (Å²) in [4.78, 5) is 0. The second-order valence-electron chi connectivity index (χ2n) is 3.58. The number of methoxy groups -OCH3 is 4. The van der Waals surface area contributed by atoms with Gasteiger partial charge in [-0.2, -0.15) is 0 Å². The van der Waals surface area contributed by atoms with E-state index < -0.39 is 30.8 Å². The molecule has 96 valence electrons. The van der Waals surface area contributed by atoms with Crippen LogP contribution in [-0.2, 0) is 23.7 Å². The fourth-order valence-electron chi connectivity index (χ4n) is 1.96. The van der Waals surface area contributed by atoms with E-state index in [4.69, 9.17) is 23.7 Å². The Bertz CT molecular complexity index is 204. The normalized spacial score (nSPS) is 39.9. The zero-order valence-electron chi connectivity index (χ0n) is 10.0. The molecule has 16 heavy (non-hydrogen) atoms. The first-order valence-electron chi connectivity index (χ1n) is 5.06. The Morgan fingerprint density at radius 1 is 0.938 bits per heavy atom. The third kappa shape index (κ3) is 2.70. The molecule has 0 amide bonds. The van der Waals surface area contributed by atoms with Gasteiger partial charge in [0, 0.05) is 28.4 Å². The van der Waals surface area contributed by atoms with Crippen molar-refractivity contribution in [1.82, 2.24) is 0 Å². The quantitative estimate of drug-likeness (QED) is 0.692. The largest absolute Gasteiger partial charge is 0.382 e.